The van der Waals surface area contributed by atoms with Crippen molar-refractivity contribution >= 4 is 24.5 Å². The predicted molar refractivity (Wildman–Crippen MR) is 69.0 cm³/mol. The monoisotopic (exact) mass is 282 g/mol. The highest BCUT2D eigenvalue weighted by molar-refractivity contribution is 8.07. The zero-order valence-electron chi connectivity index (χ0n) is 10.6. The first kappa shape index (κ1) is 16.6. The van der Waals surface area contributed by atoms with Gasteiger partial charge in [0.05, 0.1) is 25.9 Å². The average molecular weight is 282 g/mol. The molecular formula is C10H19O5PS. The van der Waals surface area contributed by atoms with E-state index in [-0.39, 0.29) is 0 Å². The molecule has 0 aromatic heterocycles. The van der Waals surface area contributed by atoms with E-state index in [0.717, 1.165) is 0 Å². The zero-order chi connectivity index (χ0) is 13.3. The normalized spacial score (nSPS) is 12.4. The summed E-state index contributed by atoms with van der Waals surface area (Å²) in [6.45, 7) is 5.24. The Morgan fingerprint density at radius 1 is 1.18 bits per heavy atom. The summed E-state index contributed by atoms with van der Waals surface area (Å²) in [5.41, 5.74) is 0. The fourth-order valence-corrected chi connectivity index (χ4v) is 3.16. The van der Waals surface area contributed by atoms with Crippen LogP contribution in [-0.2, 0) is 34.9 Å². The number of carbonyl (C=O) groups is 1. The average Bonchev–Trinajstić information content (AvgIpc) is 2.17. The van der Waals surface area contributed by atoms with Crippen LogP contribution in [0.15, 0.2) is 11.8 Å². The molecule has 0 aliphatic rings. The molecule has 0 spiro atoms. The van der Waals surface area contributed by atoms with E-state index >= 15 is 0 Å². The largest absolute Gasteiger partial charge is 0.463 e. The Labute approximate surface area is 107 Å². The predicted octanol–water partition coefficient (Wildman–Crippen LogP) is 2.77. The standard InChI is InChI=1S/C10H19O5PS/c1-5-12-10(11)8-9(4)15-16(17,13-6-2)14-7-3/h8H,5-7H2,1-4H3/b9-8-. The topological polar surface area (TPSA) is 54.0 Å². The third kappa shape index (κ3) is 7.49. The van der Waals surface area contributed by atoms with Crippen molar-refractivity contribution in [3.8, 4) is 0 Å². The van der Waals surface area contributed by atoms with Crippen LogP contribution in [-0.4, -0.2) is 25.8 Å². The van der Waals surface area contributed by atoms with Gasteiger partial charge >= 0.3 is 12.7 Å². The second kappa shape index (κ2) is 8.64. The molecule has 7 heteroatoms. The maximum absolute atomic E-state index is 11.2. The number of hydrogen-bond acceptors (Lipinski definition) is 6. The number of carbonyl (C=O) groups excluding carboxylic acids is 1. The number of hydrogen-bond donors (Lipinski definition) is 0. The Kier molecular flexibility index (Phi) is 8.43. The van der Waals surface area contributed by atoms with Crippen LogP contribution < -0.4 is 0 Å². The van der Waals surface area contributed by atoms with Crippen LogP contribution in [0.5, 0.6) is 0 Å². The van der Waals surface area contributed by atoms with Crippen molar-refractivity contribution in [3.05, 3.63) is 11.8 Å². The molecule has 0 unspecified atom stereocenters. The number of esters is 1. The first-order valence-corrected chi connectivity index (χ1v) is 7.96. The van der Waals surface area contributed by atoms with Gasteiger partial charge in [-0.25, -0.2) is 4.79 Å². The van der Waals surface area contributed by atoms with Gasteiger partial charge in [0.1, 0.15) is 5.76 Å². The molecule has 0 aliphatic carbocycles. The Bertz CT molecular complexity index is 306. The molecule has 0 amide bonds. The highest BCUT2D eigenvalue weighted by Gasteiger charge is 2.21. The molecule has 17 heavy (non-hydrogen) atoms. The van der Waals surface area contributed by atoms with Gasteiger partial charge in [0.15, 0.2) is 0 Å². The molecule has 0 heterocycles. The molecule has 0 aromatic rings. The Morgan fingerprint density at radius 2 is 1.71 bits per heavy atom. The van der Waals surface area contributed by atoms with E-state index in [9.17, 15) is 4.79 Å². The van der Waals surface area contributed by atoms with Gasteiger partial charge in [-0.15, -0.1) is 0 Å². The van der Waals surface area contributed by atoms with Crippen molar-refractivity contribution in [2.75, 3.05) is 19.8 Å². The highest BCUT2D eigenvalue weighted by atomic mass is 32.5. The second-order valence-electron chi connectivity index (χ2n) is 2.88. The van der Waals surface area contributed by atoms with Gasteiger partial charge in [-0.05, 0) is 27.7 Å². The van der Waals surface area contributed by atoms with E-state index in [2.05, 4.69) is 0 Å². The van der Waals surface area contributed by atoms with Crippen molar-refractivity contribution in [3.63, 3.8) is 0 Å². The maximum Gasteiger partial charge on any atom is 0.380 e. The Balaban J connectivity index is 4.54. The third-order valence-corrected chi connectivity index (χ3v) is 3.95. The van der Waals surface area contributed by atoms with E-state index in [1.807, 2.05) is 0 Å². The molecule has 0 aromatic carbocycles. The number of rotatable bonds is 8. The van der Waals surface area contributed by atoms with Gasteiger partial charge in [-0.1, -0.05) is 0 Å². The van der Waals surface area contributed by atoms with Gasteiger partial charge in [-0.2, -0.15) is 0 Å². The van der Waals surface area contributed by atoms with E-state index in [1.54, 1.807) is 27.7 Å². The van der Waals surface area contributed by atoms with Crippen LogP contribution in [0.3, 0.4) is 0 Å². The van der Waals surface area contributed by atoms with Gasteiger partial charge in [0.25, 0.3) is 0 Å². The van der Waals surface area contributed by atoms with Crippen molar-refractivity contribution in [2.24, 2.45) is 0 Å². The minimum absolute atomic E-state index is 0.313. The lowest BCUT2D eigenvalue weighted by Crippen LogP contribution is -2.03. The van der Waals surface area contributed by atoms with Crippen LogP contribution in [0.25, 0.3) is 0 Å². The lowest BCUT2D eigenvalue weighted by atomic mass is 10.5. The zero-order valence-corrected chi connectivity index (χ0v) is 12.3. The molecule has 0 rings (SSSR count). The van der Waals surface area contributed by atoms with Gasteiger partial charge in [0, 0.05) is 11.8 Å². The van der Waals surface area contributed by atoms with Crippen LogP contribution in [0.1, 0.15) is 27.7 Å². The first-order chi connectivity index (χ1) is 7.97. The minimum Gasteiger partial charge on any atom is -0.463 e. The molecule has 0 atom stereocenters. The summed E-state index contributed by atoms with van der Waals surface area (Å²) in [4.78, 5) is 11.2. The molecule has 5 nitrogen and oxygen atoms in total. The van der Waals surface area contributed by atoms with Gasteiger partial charge in [0.2, 0.25) is 0 Å². The quantitative estimate of drug-likeness (QED) is 0.295. The third-order valence-electron chi connectivity index (χ3n) is 1.44. The lowest BCUT2D eigenvalue weighted by molar-refractivity contribution is -0.137. The molecule has 100 valence electrons. The molecule has 0 bridgehead atoms. The van der Waals surface area contributed by atoms with E-state index in [4.69, 9.17) is 30.1 Å². The Hall–Kier alpha value is -0.420. The summed E-state index contributed by atoms with van der Waals surface area (Å²) >= 11 is 5.15. The molecule has 0 N–H and O–H groups in total. The van der Waals surface area contributed by atoms with Crippen LogP contribution in [0.2, 0.25) is 0 Å². The fourth-order valence-electron chi connectivity index (χ4n) is 0.959. The SMILES string of the molecule is CCOC(=O)/C=C(/C)OP(=S)(OCC)OCC. The van der Waals surface area contributed by atoms with Crippen LogP contribution in [0.4, 0.5) is 0 Å². The number of allylic oxidation sites excluding steroid dienone is 1. The van der Waals surface area contributed by atoms with Crippen LogP contribution in [0, 0.1) is 0 Å². The van der Waals surface area contributed by atoms with Gasteiger partial charge in [-0.3, -0.25) is 9.05 Å². The maximum atomic E-state index is 11.2. The summed E-state index contributed by atoms with van der Waals surface area (Å²) in [5, 5.41) is 0. The fraction of sp³-hybridized carbons (Fsp3) is 0.700. The van der Waals surface area contributed by atoms with Crippen molar-refractivity contribution in [1.82, 2.24) is 0 Å². The smallest absolute Gasteiger partial charge is 0.380 e. The summed E-state index contributed by atoms with van der Waals surface area (Å²) in [6.07, 6.45) is 1.22. The summed E-state index contributed by atoms with van der Waals surface area (Å²) in [6, 6.07) is 0. The second-order valence-corrected chi connectivity index (χ2v) is 5.82. The van der Waals surface area contributed by atoms with Crippen molar-refractivity contribution in [2.45, 2.75) is 27.7 Å². The molecule has 0 fully saturated rings. The molecule has 0 aliphatic heterocycles. The van der Waals surface area contributed by atoms with Gasteiger partial charge < -0.3 is 9.26 Å². The molecule has 0 saturated carbocycles. The van der Waals surface area contributed by atoms with Crippen LogP contribution >= 0.6 is 6.72 Å². The van der Waals surface area contributed by atoms with Crippen molar-refractivity contribution in [1.29, 1.82) is 0 Å². The molecule has 0 saturated heterocycles. The van der Waals surface area contributed by atoms with E-state index in [1.165, 1.54) is 6.08 Å². The summed E-state index contributed by atoms with van der Waals surface area (Å²) < 4.78 is 20.7. The van der Waals surface area contributed by atoms with E-state index in [0.29, 0.717) is 25.6 Å². The Morgan fingerprint density at radius 3 is 2.12 bits per heavy atom. The van der Waals surface area contributed by atoms with Crippen molar-refractivity contribution < 1.29 is 23.1 Å². The minimum atomic E-state index is -2.79. The van der Waals surface area contributed by atoms with E-state index < -0.39 is 12.7 Å². The first-order valence-electron chi connectivity index (χ1n) is 5.41. The highest BCUT2D eigenvalue weighted by Crippen LogP contribution is 2.51. The molecular weight excluding hydrogens is 263 g/mol. The summed E-state index contributed by atoms with van der Waals surface area (Å²) in [7, 11) is 0. The lowest BCUT2D eigenvalue weighted by Gasteiger charge is -2.21. The molecule has 0 radical (unpaired) electrons. The number of ether oxygens (including phenoxy) is 1. The summed E-state index contributed by atoms with van der Waals surface area (Å²) in [5.74, 6) is -0.145.